The number of para-hydroxylation sites is 1. The van der Waals surface area contributed by atoms with Crippen molar-refractivity contribution in [1.29, 1.82) is 0 Å². The van der Waals surface area contributed by atoms with Crippen molar-refractivity contribution >= 4 is 17.3 Å². The number of benzene rings is 2. The molecule has 0 aliphatic heterocycles. The molecule has 0 spiro atoms. The summed E-state index contributed by atoms with van der Waals surface area (Å²) in [6.45, 7) is 1.37. The summed E-state index contributed by atoms with van der Waals surface area (Å²) >= 11 is 0. The highest BCUT2D eigenvalue weighted by Gasteiger charge is 2.22. The highest BCUT2D eigenvalue weighted by Crippen LogP contribution is 2.31. The Morgan fingerprint density at radius 2 is 1.86 bits per heavy atom. The van der Waals surface area contributed by atoms with Crippen molar-refractivity contribution < 1.29 is 36.4 Å². The number of aromatic nitrogens is 2. The van der Waals surface area contributed by atoms with Crippen LogP contribution >= 0.6 is 0 Å². The molecule has 1 N–H and O–H groups in total. The molecule has 0 bridgehead atoms. The van der Waals surface area contributed by atoms with E-state index < -0.39 is 41.6 Å². The predicted octanol–water partition coefficient (Wildman–Crippen LogP) is 6.66. The van der Waals surface area contributed by atoms with Gasteiger partial charge in [0.05, 0.1) is 23.2 Å². The Hall–Kier alpha value is -4.68. The Morgan fingerprint density at radius 1 is 1.11 bits per heavy atom. The highest BCUT2D eigenvalue weighted by atomic mass is 19.3. The molecule has 0 fully saturated rings. The summed E-state index contributed by atoms with van der Waals surface area (Å²) in [4.78, 5) is 23.4. The van der Waals surface area contributed by atoms with Crippen molar-refractivity contribution in [2.75, 3.05) is 5.32 Å². The van der Waals surface area contributed by atoms with Crippen molar-refractivity contribution in [1.82, 2.24) is 9.78 Å². The molecule has 0 radical (unpaired) electrons. The zero-order valence-electron chi connectivity index (χ0n) is 19.0. The van der Waals surface area contributed by atoms with Crippen LogP contribution in [0.15, 0.2) is 65.1 Å². The van der Waals surface area contributed by atoms with Crippen LogP contribution < -0.4 is 10.1 Å². The third kappa shape index (κ3) is 5.94. The Bertz CT molecular complexity index is 1450. The van der Waals surface area contributed by atoms with E-state index in [1.54, 1.807) is 31.2 Å². The molecule has 0 saturated heterocycles. The second-order valence-corrected chi connectivity index (χ2v) is 7.81. The van der Waals surface area contributed by atoms with Crippen LogP contribution in [-0.2, 0) is 6.54 Å². The molecule has 0 aliphatic rings. The van der Waals surface area contributed by atoms with Gasteiger partial charge in [-0.1, -0.05) is 18.2 Å². The van der Waals surface area contributed by atoms with E-state index in [1.807, 2.05) is 0 Å². The van der Waals surface area contributed by atoms with Crippen LogP contribution in [0.3, 0.4) is 0 Å². The number of ether oxygens (including phenoxy) is 1. The molecule has 37 heavy (non-hydrogen) atoms. The minimum atomic E-state index is -3.05. The second kappa shape index (κ2) is 10.5. The van der Waals surface area contributed by atoms with Gasteiger partial charge in [-0.3, -0.25) is 19.6 Å². The fourth-order valence-electron chi connectivity index (χ4n) is 3.40. The van der Waals surface area contributed by atoms with Gasteiger partial charge < -0.3 is 14.5 Å². The molecule has 2 aromatic carbocycles. The lowest BCUT2D eigenvalue weighted by molar-refractivity contribution is -0.384. The van der Waals surface area contributed by atoms with E-state index in [0.29, 0.717) is 16.5 Å². The first-order chi connectivity index (χ1) is 17.6. The Kier molecular flexibility index (Phi) is 7.22. The summed E-state index contributed by atoms with van der Waals surface area (Å²) in [5.74, 6) is -0.475. The molecular weight excluding hydrogens is 500 g/mol. The second-order valence-electron chi connectivity index (χ2n) is 7.81. The zero-order chi connectivity index (χ0) is 26.7. The first-order valence-electron chi connectivity index (χ1n) is 10.7. The van der Waals surface area contributed by atoms with E-state index in [0.717, 1.165) is 11.6 Å². The molecular formula is C24H18F4N4O5. The van der Waals surface area contributed by atoms with E-state index in [1.165, 1.54) is 24.3 Å². The fraction of sp³-hybridized carbons (Fsp3) is 0.167. The zero-order valence-corrected chi connectivity index (χ0v) is 19.0. The van der Waals surface area contributed by atoms with Crippen LogP contribution in [0.25, 0.3) is 0 Å². The molecule has 192 valence electrons. The van der Waals surface area contributed by atoms with Crippen LogP contribution in [0.1, 0.15) is 46.1 Å². The van der Waals surface area contributed by atoms with Crippen molar-refractivity contribution in [2.45, 2.75) is 26.3 Å². The maximum absolute atomic E-state index is 13.2. The standard InChI is InChI=1S/C24H18F4N4O5/c1-13-4-2-3-5-20(13)37-17-9-14(8-15(10-17)32(34)35)29-24(33)21-7-6-16(36-21)12-31-19(23(27)28)11-18(30-31)22(25)26/h2-11,22-23H,12H2,1H3,(H,29,33). The Balaban J connectivity index is 1.53. The number of nitrogens with one attached hydrogen (secondary N) is 1. The number of carbonyl (C=O) groups excluding carboxylic acids is 1. The lowest BCUT2D eigenvalue weighted by atomic mass is 10.2. The molecule has 0 unspecified atom stereocenters. The van der Waals surface area contributed by atoms with Crippen LogP contribution in [0.5, 0.6) is 11.5 Å². The molecule has 4 rings (SSSR count). The quantitative estimate of drug-likeness (QED) is 0.151. The Labute approximate surface area is 206 Å². The Morgan fingerprint density at radius 3 is 2.54 bits per heavy atom. The summed E-state index contributed by atoms with van der Waals surface area (Å²) in [7, 11) is 0. The van der Waals surface area contributed by atoms with Gasteiger partial charge >= 0.3 is 0 Å². The number of hydrogen-bond acceptors (Lipinski definition) is 6. The van der Waals surface area contributed by atoms with Gasteiger partial charge in [-0.05, 0) is 36.8 Å². The molecule has 0 aliphatic carbocycles. The lowest BCUT2D eigenvalue weighted by Crippen LogP contribution is -2.11. The third-order valence-corrected chi connectivity index (χ3v) is 5.15. The first-order valence-corrected chi connectivity index (χ1v) is 10.7. The number of hydrogen-bond donors (Lipinski definition) is 1. The molecule has 0 saturated carbocycles. The molecule has 13 heteroatoms. The van der Waals surface area contributed by atoms with E-state index in [2.05, 4.69) is 10.4 Å². The molecule has 0 atom stereocenters. The van der Waals surface area contributed by atoms with Crippen molar-refractivity contribution in [3.8, 4) is 11.5 Å². The molecule has 1 amide bonds. The summed E-state index contributed by atoms with van der Waals surface area (Å²) in [6, 6.07) is 13.9. The number of nitrogens with zero attached hydrogens (tertiary/aromatic N) is 3. The van der Waals surface area contributed by atoms with Crippen molar-refractivity contribution in [3.05, 3.63) is 99.2 Å². The number of anilines is 1. The number of nitro benzene ring substituents is 1. The summed E-state index contributed by atoms with van der Waals surface area (Å²) in [5, 5.41) is 17.3. The number of aryl methyl sites for hydroxylation is 1. The normalized spacial score (nSPS) is 11.2. The smallest absolute Gasteiger partial charge is 0.291 e. The van der Waals surface area contributed by atoms with Crippen molar-refractivity contribution in [3.63, 3.8) is 0 Å². The van der Waals surface area contributed by atoms with Gasteiger partial charge in [-0.2, -0.15) is 5.10 Å². The van der Waals surface area contributed by atoms with Gasteiger partial charge in [0, 0.05) is 12.1 Å². The maximum atomic E-state index is 13.2. The number of nitro groups is 1. The number of furan rings is 1. The molecule has 9 nitrogen and oxygen atoms in total. The number of halogens is 4. The number of amides is 1. The lowest BCUT2D eigenvalue weighted by Gasteiger charge is -2.10. The highest BCUT2D eigenvalue weighted by molar-refractivity contribution is 6.02. The monoisotopic (exact) mass is 518 g/mol. The van der Waals surface area contributed by atoms with Crippen LogP contribution in [0, 0.1) is 17.0 Å². The first kappa shape index (κ1) is 25.4. The number of rotatable bonds is 9. The minimum Gasteiger partial charge on any atom is -0.457 e. The molecule has 4 aromatic rings. The third-order valence-electron chi connectivity index (χ3n) is 5.15. The summed E-state index contributed by atoms with van der Waals surface area (Å²) in [5.41, 5.74) is -1.05. The van der Waals surface area contributed by atoms with Crippen LogP contribution in [-0.4, -0.2) is 20.6 Å². The SMILES string of the molecule is Cc1ccccc1Oc1cc(NC(=O)c2ccc(Cn3nc(C(F)F)cc3C(F)F)o2)cc([N+](=O)[O-])c1. The van der Waals surface area contributed by atoms with E-state index >= 15 is 0 Å². The van der Waals surface area contributed by atoms with Gasteiger partial charge in [-0.15, -0.1) is 0 Å². The number of alkyl halides is 4. The molecule has 2 aromatic heterocycles. The van der Waals surface area contributed by atoms with Gasteiger partial charge in [0.15, 0.2) is 5.76 Å². The number of carbonyl (C=O) groups is 1. The molecule has 2 heterocycles. The van der Waals surface area contributed by atoms with Gasteiger partial charge in [-0.25, -0.2) is 17.6 Å². The topological polar surface area (TPSA) is 112 Å². The average Bonchev–Trinajstić information content (AvgIpc) is 3.48. The van der Waals surface area contributed by atoms with Crippen molar-refractivity contribution in [2.24, 2.45) is 0 Å². The maximum Gasteiger partial charge on any atom is 0.291 e. The van der Waals surface area contributed by atoms with E-state index in [-0.39, 0.29) is 28.6 Å². The average molecular weight is 518 g/mol. The number of non-ortho nitro benzene ring substituents is 1. The van der Waals surface area contributed by atoms with Crippen LogP contribution in [0.4, 0.5) is 28.9 Å². The van der Waals surface area contributed by atoms with Gasteiger partial charge in [0.2, 0.25) is 0 Å². The van der Waals surface area contributed by atoms with Gasteiger partial charge in [0.1, 0.15) is 28.6 Å². The fourth-order valence-corrected chi connectivity index (χ4v) is 3.40. The van der Waals surface area contributed by atoms with Gasteiger partial charge in [0.25, 0.3) is 24.4 Å². The van der Waals surface area contributed by atoms with E-state index in [9.17, 15) is 32.5 Å². The minimum absolute atomic E-state index is 0.00131. The predicted molar refractivity (Wildman–Crippen MR) is 122 cm³/mol. The summed E-state index contributed by atoms with van der Waals surface area (Å²) < 4.78 is 64.0. The summed E-state index contributed by atoms with van der Waals surface area (Å²) in [6.07, 6.45) is -6.09. The largest absolute Gasteiger partial charge is 0.457 e. The van der Waals surface area contributed by atoms with E-state index in [4.69, 9.17) is 9.15 Å². The van der Waals surface area contributed by atoms with Crippen LogP contribution in [0.2, 0.25) is 0 Å².